The fourth-order valence-electron chi connectivity index (χ4n) is 2.30. The second-order valence-electron chi connectivity index (χ2n) is 4.93. The average molecular weight is 351 g/mol. The van der Waals surface area contributed by atoms with Crippen LogP contribution in [0.5, 0.6) is 23.0 Å². The molecule has 0 bridgehead atoms. The van der Waals surface area contributed by atoms with Crippen molar-refractivity contribution in [3.8, 4) is 23.0 Å². The summed E-state index contributed by atoms with van der Waals surface area (Å²) in [5, 5.41) is 0. The summed E-state index contributed by atoms with van der Waals surface area (Å²) >= 11 is 0. The number of hydrogen-bond donors (Lipinski definition) is 1. The van der Waals surface area contributed by atoms with Gasteiger partial charge in [-0.05, 0) is 17.7 Å². The number of methoxy groups -OCH3 is 4. The van der Waals surface area contributed by atoms with E-state index in [0.717, 1.165) is 5.56 Å². The molecule has 1 unspecified atom stereocenters. The lowest BCUT2D eigenvalue weighted by Gasteiger charge is -2.14. The van der Waals surface area contributed by atoms with Crippen molar-refractivity contribution in [1.29, 1.82) is 0 Å². The van der Waals surface area contributed by atoms with Crippen molar-refractivity contribution in [2.45, 2.75) is 10.6 Å². The lowest BCUT2D eigenvalue weighted by molar-refractivity contribution is 0.323. The molecule has 7 heteroatoms. The number of anilines is 1. The standard InChI is InChI=1S/C17H21NO5S/c1-20-14-6-5-11(7-13(14)18)10-24(19)12-8-15(21-2)17(23-4)16(9-12)22-3/h5-9H,10,18H2,1-4H3. The Kier molecular flexibility index (Phi) is 5.92. The molecule has 2 N–H and O–H groups in total. The van der Waals surface area contributed by atoms with Gasteiger partial charge in [-0.1, -0.05) is 6.07 Å². The maximum absolute atomic E-state index is 12.7. The Labute approximate surface area is 143 Å². The minimum atomic E-state index is -1.30. The second-order valence-corrected chi connectivity index (χ2v) is 6.38. The molecular formula is C17H21NO5S. The fourth-order valence-corrected chi connectivity index (χ4v) is 3.42. The molecule has 0 saturated heterocycles. The molecular weight excluding hydrogens is 330 g/mol. The molecule has 1 atom stereocenters. The monoisotopic (exact) mass is 351 g/mol. The van der Waals surface area contributed by atoms with Gasteiger partial charge in [0, 0.05) is 17.0 Å². The van der Waals surface area contributed by atoms with Gasteiger partial charge in [0.05, 0.1) is 50.7 Å². The summed E-state index contributed by atoms with van der Waals surface area (Å²) in [6, 6.07) is 8.73. The van der Waals surface area contributed by atoms with Gasteiger partial charge in [0.15, 0.2) is 11.5 Å². The van der Waals surface area contributed by atoms with E-state index in [1.54, 1.807) is 31.4 Å². The summed E-state index contributed by atoms with van der Waals surface area (Å²) in [5.41, 5.74) is 7.25. The van der Waals surface area contributed by atoms with Crippen LogP contribution in [0.25, 0.3) is 0 Å². The number of hydrogen-bond acceptors (Lipinski definition) is 6. The van der Waals surface area contributed by atoms with E-state index in [4.69, 9.17) is 24.7 Å². The first-order valence-electron chi connectivity index (χ1n) is 7.14. The van der Waals surface area contributed by atoms with Gasteiger partial charge >= 0.3 is 0 Å². The molecule has 6 nitrogen and oxygen atoms in total. The van der Waals surface area contributed by atoms with Crippen molar-refractivity contribution in [2.24, 2.45) is 0 Å². The van der Waals surface area contributed by atoms with Crippen molar-refractivity contribution < 1.29 is 23.2 Å². The highest BCUT2D eigenvalue weighted by Crippen LogP contribution is 2.39. The zero-order valence-electron chi connectivity index (χ0n) is 14.1. The van der Waals surface area contributed by atoms with Crippen LogP contribution in [0.3, 0.4) is 0 Å². The Morgan fingerprint density at radius 2 is 1.46 bits per heavy atom. The Morgan fingerprint density at radius 1 is 0.875 bits per heavy atom. The van der Waals surface area contributed by atoms with Gasteiger partial charge in [-0.2, -0.15) is 0 Å². The summed E-state index contributed by atoms with van der Waals surface area (Å²) in [7, 11) is 4.83. The molecule has 0 spiro atoms. The van der Waals surface area contributed by atoms with Crippen molar-refractivity contribution in [1.82, 2.24) is 0 Å². The molecule has 0 aliphatic heterocycles. The predicted octanol–water partition coefficient (Wildman–Crippen LogP) is 2.61. The Balaban J connectivity index is 2.31. The van der Waals surface area contributed by atoms with Gasteiger partial charge in [-0.25, -0.2) is 0 Å². The van der Waals surface area contributed by atoms with Crippen molar-refractivity contribution in [3.05, 3.63) is 35.9 Å². The van der Waals surface area contributed by atoms with Gasteiger partial charge in [-0.3, -0.25) is 4.21 Å². The number of benzene rings is 2. The van der Waals surface area contributed by atoms with E-state index < -0.39 is 10.8 Å². The van der Waals surface area contributed by atoms with Crippen LogP contribution in [-0.4, -0.2) is 32.6 Å². The third-order valence-corrected chi connectivity index (χ3v) is 4.85. The molecule has 0 radical (unpaired) electrons. The molecule has 130 valence electrons. The predicted molar refractivity (Wildman–Crippen MR) is 93.6 cm³/mol. The smallest absolute Gasteiger partial charge is 0.203 e. The highest BCUT2D eigenvalue weighted by molar-refractivity contribution is 7.84. The van der Waals surface area contributed by atoms with Crippen LogP contribution in [0.4, 0.5) is 5.69 Å². The molecule has 0 heterocycles. The Hall–Kier alpha value is -2.41. The molecule has 24 heavy (non-hydrogen) atoms. The highest BCUT2D eigenvalue weighted by atomic mass is 32.2. The quantitative estimate of drug-likeness (QED) is 0.773. The number of nitrogens with two attached hydrogens (primary N) is 1. The third kappa shape index (κ3) is 3.73. The first-order valence-corrected chi connectivity index (χ1v) is 8.46. The van der Waals surface area contributed by atoms with E-state index in [9.17, 15) is 4.21 Å². The lowest BCUT2D eigenvalue weighted by atomic mass is 10.2. The van der Waals surface area contributed by atoms with E-state index in [1.165, 1.54) is 21.3 Å². The van der Waals surface area contributed by atoms with Crippen LogP contribution >= 0.6 is 0 Å². The Bertz CT molecular complexity index is 723. The maximum atomic E-state index is 12.7. The van der Waals surface area contributed by atoms with Gasteiger partial charge in [0.2, 0.25) is 5.75 Å². The average Bonchev–Trinajstić information content (AvgIpc) is 2.60. The lowest BCUT2D eigenvalue weighted by Crippen LogP contribution is -2.01. The molecule has 0 amide bonds. The van der Waals surface area contributed by atoms with E-state index in [-0.39, 0.29) is 0 Å². The zero-order chi connectivity index (χ0) is 17.7. The summed E-state index contributed by atoms with van der Waals surface area (Å²) < 4.78 is 33.7. The van der Waals surface area contributed by atoms with Crippen LogP contribution in [0.2, 0.25) is 0 Å². The largest absolute Gasteiger partial charge is 0.495 e. The first kappa shape index (κ1) is 17.9. The van der Waals surface area contributed by atoms with E-state index >= 15 is 0 Å². The molecule has 0 fully saturated rings. The van der Waals surface area contributed by atoms with E-state index in [0.29, 0.717) is 39.3 Å². The van der Waals surface area contributed by atoms with Crippen LogP contribution in [-0.2, 0) is 16.6 Å². The molecule has 2 aromatic rings. The van der Waals surface area contributed by atoms with Crippen LogP contribution < -0.4 is 24.7 Å². The topological polar surface area (TPSA) is 80.0 Å². The maximum Gasteiger partial charge on any atom is 0.203 e. The summed E-state index contributed by atoms with van der Waals surface area (Å²) in [4.78, 5) is 0.582. The second kappa shape index (κ2) is 7.92. The van der Waals surface area contributed by atoms with E-state index in [2.05, 4.69) is 0 Å². The van der Waals surface area contributed by atoms with Crippen molar-refractivity contribution in [2.75, 3.05) is 34.2 Å². The van der Waals surface area contributed by atoms with Gasteiger partial charge in [0.1, 0.15) is 5.75 Å². The van der Waals surface area contributed by atoms with Crippen LogP contribution in [0.1, 0.15) is 5.56 Å². The molecule has 0 aliphatic carbocycles. The van der Waals surface area contributed by atoms with Crippen molar-refractivity contribution in [3.63, 3.8) is 0 Å². The normalized spacial score (nSPS) is 11.7. The minimum absolute atomic E-state index is 0.312. The van der Waals surface area contributed by atoms with Crippen LogP contribution in [0, 0.1) is 0 Å². The number of rotatable bonds is 7. The molecule has 0 aliphatic rings. The molecule has 0 saturated carbocycles. The van der Waals surface area contributed by atoms with Gasteiger partial charge < -0.3 is 24.7 Å². The minimum Gasteiger partial charge on any atom is -0.495 e. The van der Waals surface area contributed by atoms with Gasteiger partial charge in [0.25, 0.3) is 0 Å². The SMILES string of the molecule is COc1ccc(CS(=O)c2cc(OC)c(OC)c(OC)c2)cc1N. The van der Waals surface area contributed by atoms with Crippen LogP contribution in [0.15, 0.2) is 35.2 Å². The zero-order valence-corrected chi connectivity index (χ0v) is 14.9. The summed E-state index contributed by atoms with van der Waals surface area (Å²) in [6.45, 7) is 0. The molecule has 2 rings (SSSR count). The highest BCUT2D eigenvalue weighted by Gasteiger charge is 2.16. The summed E-state index contributed by atoms with van der Waals surface area (Å²) in [5.74, 6) is 2.31. The number of nitrogen functional groups attached to an aromatic ring is 1. The molecule has 2 aromatic carbocycles. The van der Waals surface area contributed by atoms with Gasteiger partial charge in [-0.15, -0.1) is 0 Å². The van der Waals surface area contributed by atoms with E-state index in [1.807, 2.05) is 6.07 Å². The molecule has 0 aromatic heterocycles. The number of ether oxygens (including phenoxy) is 4. The Morgan fingerprint density at radius 3 is 1.92 bits per heavy atom. The fraction of sp³-hybridized carbons (Fsp3) is 0.294. The first-order chi connectivity index (χ1) is 11.5. The van der Waals surface area contributed by atoms with Crippen molar-refractivity contribution >= 4 is 16.5 Å². The third-order valence-electron chi connectivity index (χ3n) is 3.49. The summed E-state index contributed by atoms with van der Waals surface area (Å²) in [6.07, 6.45) is 0.